The van der Waals surface area contributed by atoms with Gasteiger partial charge in [0.15, 0.2) is 0 Å². The Balaban J connectivity index is 1.43. The van der Waals surface area contributed by atoms with Crippen LogP contribution in [0.25, 0.3) is 0 Å². The van der Waals surface area contributed by atoms with Crippen LogP contribution >= 0.6 is 0 Å². The third kappa shape index (κ3) is 2.25. The molecule has 3 fully saturated rings. The Morgan fingerprint density at radius 3 is 2.77 bits per heavy atom. The first-order chi connectivity index (χ1) is 12.4. The smallest absolute Gasteiger partial charge is 0.331 e. The average molecular weight is 357 g/mol. The lowest BCUT2D eigenvalue weighted by Gasteiger charge is -2.59. The molecule has 3 heteroatoms. The minimum Gasteiger partial charge on any atom is -0.458 e. The molecule has 3 nitrogen and oxygen atoms in total. The van der Waals surface area contributed by atoms with E-state index < -0.39 is 0 Å². The SMILES string of the molecule is C[C@]12CC[C@H](O)C[C@H]1CC[C@H]1C3=CC[C@H](C4=CC(=O)OC4)[C@@]3(C)CC[C@@H]12. The van der Waals surface area contributed by atoms with Gasteiger partial charge in [-0.3, -0.25) is 0 Å². The molecule has 7 atom stereocenters. The molecular weight excluding hydrogens is 324 g/mol. The first-order valence-corrected chi connectivity index (χ1v) is 10.7. The highest BCUT2D eigenvalue weighted by Crippen LogP contribution is 2.66. The number of aliphatic hydroxyl groups is 1. The second-order valence-corrected chi connectivity index (χ2v) is 10.2. The van der Waals surface area contributed by atoms with E-state index in [4.69, 9.17) is 4.74 Å². The Labute approximate surface area is 156 Å². The Kier molecular flexibility index (Phi) is 3.74. The van der Waals surface area contributed by atoms with Crippen LogP contribution in [-0.2, 0) is 9.53 Å². The van der Waals surface area contributed by atoms with Crippen molar-refractivity contribution in [3.63, 3.8) is 0 Å². The van der Waals surface area contributed by atoms with Gasteiger partial charge in [0, 0.05) is 6.08 Å². The van der Waals surface area contributed by atoms with Gasteiger partial charge in [0.1, 0.15) is 6.61 Å². The second-order valence-electron chi connectivity index (χ2n) is 10.2. The van der Waals surface area contributed by atoms with Crippen molar-refractivity contribution in [1.82, 2.24) is 0 Å². The summed E-state index contributed by atoms with van der Waals surface area (Å²) in [5.74, 6) is 2.51. The molecule has 5 aliphatic rings. The van der Waals surface area contributed by atoms with Crippen molar-refractivity contribution in [1.29, 1.82) is 0 Å². The van der Waals surface area contributed by atoms with E-state index in [2.05, 4.69) is 19.9 Å². The molecule has 0 spiro atoms. The molecule has 142 valence electrons. The highest BCUT2D eigenvalue weighted by molar-refractivity contribution is 5.85. The summed E-state index contributed by atoms with van der Waals surface area (Å²) < 4.78 is 5.23. The van der Waals surface area contributed by atoms with E-state index in [1.807, 2.05) is 0 Å². The monoisotopic (exact) mass is 356 g/mol. The average Bonchev–Trinajstić information content (AvgIpc) is 3.18. The lowest BCUT2D eigenvalue weighted by Crippen LogP contribution is -2.52. The number of hydrogen-bond donors (Lipinski definition) is 1. The van der Waals surface area contributed by atoms with Crippen LogP contribution in [0.1, 0.15) is 65.2 Å². The van der Waals surface area contributed by atoms with Crippen LogP contribution in [0.5, 0.6) is 0 Å². The minimum absolute atomic E-state index is 0.0691. The van der Waals surface area contributed by atoms with Gasteiger partial charge < -0.3 is 9.84 Å². The number of fused-ring (bicyclic) bond motifs is 5. The lowest BCUT2D eigenvalue weighted by atomic mass is 9.45. The fourth-order valence-corrected chi connectivity index (χ4v) is 7.72. The normalized spacial score (nSPS) is 50.3. The topological polar surface area (TPSA) is 46.5 Å². The Bertz CT molecular complexity index is 692. The number of cyclic esters (lactones) is 1. The second kappa shape index (κ2) is 5.70. The van der Waals surface area contributed by atoms with Crippen LogP contribution in [0.2, 0.25) is 0 Å². The molecule has 26 heavy (non-hydrogen) atoms. The van der Waals surface area contributed by atoms with Gasteiger partial charge in [-0.25, -0.2) is 4.79 Å². The molecular formula is C23H32O3. The van der Waals surface area contributed by atoms with Crippen LogP contribution in [0.4, 0.5) is 0 Å². The van der Waals surface area contributed by atoms with Gasteiger partial charge in [-0.05, 0) is 91.4 Å². The quantitative estimate of drug-likeness (QED) is 0.559. The zero-order valence-corrected chi connectivity index (χ0v) is 16.2. The summed E-state index contributed by atoms with van der Waals surface area (Å²) in [4.78, 5) is 11.6. The summed E-state index contributed by atoms with van der Waals surface area (Å²) in [7, 11) is 0. The number of carbonyl (C=O) groups excluding carboxylic acids is 1. The zero-order chi connectivity index (χ0) is 18.1. The Hall–Kier alpha value is -1.09. The molecule has 0 amide bonds. The highest BCUT2D eigenvalue weighted by atomic mass is 16.5. The highest BCUT2D eigenvalue weighted by Gasteiger charge is 2.58. The summed E-state index contributed by atoms with van der Waals surface area (Å²) in [5.41, 5.74) is 3.56. The van der Waals surface area contributed by atoms with Crippen molar-refractivity contribution in [2.45, 2.75) is 71.3 Å². The summed E-state index contributed by atoms with van der Waals surface area (Å²) in [6.07, 6.45) is 13.6. The van der Waals surface area contributed by atoms with Crippen LogP contribution in [-0.4, -0.2) is 23.8 Å². The zero-order valence-electron chi connectivity index (χ0n) is 16.2. The van der Waals surface area contributed by atoms with Gasteiger partial charge in [0.05, 0.1) is 6.10 Å². The molecule has 1 aliphatic heterocycles. The van der Waals surface area contributed by atoms with Crippen molar-refractivity contribution in [2.75, 3.05) is 6.61 Å². The van der Waals surface area contributed by atoms with Gasteiger partial charge in [-0.2, -0.15) is 0 Å². The first-order valence-electron chi connectivity index (χ1n) is 10.7. The third-order valence-electron chi connectivity index (χ3n) is 9.17. The molecule has 1 heterocycles. The third-order valence-corrected chi connectivity index (χ3v) is 9.17. The minimum atomic E-state index is -0.153. The summed E-state index contributed by atoms with van der Waals surface area (Å²) in [6.45, 7) is 5.49. The van der Waals surface area contributed by atoms with E-state index in [0.29, 0.717) is 29.8 Å². The molecule has 3 saturated carbocycles. The van der Waals surface area contributed by atoms with E-state index in [0.717, 1.165) is 25.2 Å². The molecule has 0 aromatic heterocycles. The molecule has 0 saturated heterocycles. The van der Waals surface area contributed by atoms with Gasteiger partial charge >= 0.3 is 5.97 Å². The predicted octanol–water partition coefficient (Wildman–Crippen LogP) is 4.41. The summed E-state index contributed by atoms with van der Waals surface area (Å²) in [6, 6.07) is 0. The number of rotatable bonds is 1. The van der Waals surface area contributed by atoms with E-state index in [1.165, 1.54) is 37.7 Å². The lowest BCUT2D eigenvalue weighted by molar-refractivity contribution is -0.135. The van der Waals surface area contributed by atoms with Gasteiger partial charge in [0.25, 0.3) is 0 Å². The number of allylic oxidation sites excluding steroid dienone is 2. The van der Waals surface area contributed by atoms with E-state index in [9.17, 15) is 9.90 Å². The molecule has 4 aliphatic carbocycles. The fraction of sp³-hybridized carbons (Fsp3) is 0.783. The van der Waals surface area contributed by atoms with Crippen molar-refractivity contribution < 1.29 is 14.6 Å². The molecule has 0 unspecified atom stereocenters. The van der Waals surface area contributed by atoms with Crippen LogP contribution in [0, 0.1) is 34.5 Å². The number of esters is 1. The van der Waals surface area contributed by atoms with Gasteiger partial charge in [0.2, 0.25) is 0 Å². The molecule has 0 bridgehead atoms. The summed E-state index contributed by atoms with van der Waals surface area (Å²) >= 11 is 0. The van der Waals surface area contributed by atoms with E-state index in [1.54, 1.807) is 11.6 Å². The molecule has 1 N–H and O–H groups in total. The van der Waals surface area contributed by atoms with Crippen LogP contribution in [0.15, 0.2) is 23.3 Å². The maximum Gasteiger partial charge on any atom is 0.331 e. The number of aliphatic hydroxyl groups excluding tert-OH is 1. The number of hydrogen-bond acceptors (Lipinski definition) is 3. The van der Waals surface area contributed by atoms with Crippen molar-refractivity contribution in [2.24, 2.45) is 34.5 Å². The maximum absolute atomic E-state index is 11.6. The van der Waals surface area contributed by atoms with E-state index in [-0.39, 0.29) is 17.5 Å². The molecule has 0 aromatic carbocycles. The maximum atomic E-state index is 11.6. The summed E-state index contributed by atoms with van der Waals surface area (Å²) in [5, 5.41) is 10.2. The Morgan fingerprint density at radius 2 is 2.00 bits per heavy atom. The first kappa shape index (κ1) is 17.0. The number of ether oxygens (including phenoxy) is 1. The largest absolute Gasteiger partial charge is 0.458 e. The van der Waals surface area contributed by atoms with Crippen LogP contribution < -0.4 is 0 Å². The molecule has 0 radical (unpaired) electrons. The number of carbonyl (C=O) groups is 1. The standard InChI is InChI=1S/C23H32O3/c1-22-9-7-16(24)12-15(22)3-4-17-19-6-5-18(14-11-21(25)26-13-14)23(19,2)10-8-20(17)22/h6,11,15-18,20,24H,3-5,7-10,12-13H2,1-2H3/t15-,16+,17+,18-,20+,22+,23-/m1/s1. The molecule has 0 aromatic rings. The Morgan fingerprint density at radius 1 is 1.15 bits per heavy atom. The van der Waals surface area contributed by atoms with Gasteiger partial charge in [-0.15, -0.1) is 0 Å². The van der Waals surface area contributed by atoms with Crippen molar-refractivity contribution in [3.8, 4) is 0 Å². The fourth-order valence-electron chi connectivity index (χ4n) is 7.72. The van der Waals surface area contributed by atoms with Crippen molar-refractivity contribution in [3.05, 3.63) is 23.3 Å². The predicted molar refractivity (Wildman–Crippen MR) is 100 cm³/mol. The van der Waals surface area contributed by atoms with Crippen molar-refractivity contribution >= 4 is 5.97 Å². The van der Waals surface area contributed by atoms with E-state index >= 15 is 0 Å². The molecule has 5 rings (SSSR count). The van der Waals surface area contributed by atoms with Gasteiger partial charge in [-0.1, -0.05) is 25.5 Å². The van der Waals surface area contributed by atoms with Crippen LogP contribution in [0.3, 0.4) is 0 Å².